The molecule has 2 heterocycles. The van der Waals surface area contributed by atoms with Crippen LogP contribution in [0.2, 0.25) is 0 Å². The lowest BCUT2D eigenvalue weighted by Gasteiger charge is -2.29. The third-order valence-corrected chi connectivity index (χ3v) is 5.93. The van der Waals surface area contributed by atoms with Crippen molar-refractivity contribution < 1.29 is 32.3 Å². The molecule has 3 atom stereocenters. The van der Waals surface area contributed by atoms with E-state index in [9.17, 15) is 27.6 Å². The number of anilines is 1. The minimum absolute atomic E-state index is 0.0912. The van der Waals surface area contributed by atoms with Crippen molar-refractivity contribution in [2.45, 2.75) is 64.4 Å². The van der Waals surface area contributed by atoms with Crippen molar-refractivity contribution >= 4 is 39.7 Å². The number of pyridine rings is 1. The normalized spacial score (nSPS) is 24.6. The first-order chi connectivity index (χ1) is 14.6. The van der Waals surface area contributed by atoms with Crippen LogP contribution in [-0.4, -0.2) is 58.2 Å². The summed E-state index contributed by atoms with van der Waals surface area (Å²) in [6, 6.07) is 1.96. The molecule has 3 rings (SSSR count). The number of hydrogen-bond acceptors (Lipinski definition) is 5. The Morgan fingerprint density at radius 2 is 1.91 bits per heavy atom. The van der Waals surface area contributed by atoms with E-state index in [4.69, 9.17) is 4.74 Å². The van der Waals surface area contributed by atoms with Crippen LogP contribution < -0.4 is 10.6 Å². The number of aromatic nitrogens is 1. The predicted molar refractivity (Wildman–Crippen MR) is 112 cm³/mol. The smallest absolute Gasteiger partial charge is 0.444 e. The molecule has 1 saturated heterocycles. The van der Waals surface area contributed by atoms with E-state index in [2.05, 4.69) is 26.2 Å². The molecule has 3 amide bonds. The number of halogens is 4. The fraction of sp³-hybridized carbons (Fsp3) is 0.600. The summed E-state index contributed by atoms with van der Waals surface area (Å²) < 4.78 is 43.7. The van der Waals surface area contributed by atoms with E-state index in [1.54, 1.807) is 39.8 Å². The van der Waals surface area contributed by atoms with Gasteiger partial charge in [-0.1, -0.05) is 6.07 Å². The van der Waals surface area contributed by atoms with E-state index in [0.29, 0.717) is 22.4 Å². The minimum atomic E-state index is -5.01. The number of carbonyl (C=O) groups is 3. The SMILES string of the molecule is Cc1ccc(Br)nc1NC(=O)[C@@H]1C[C@@]2(CNC(=O)C(F)(F)F)C[C@H]2N1C(=O)OC(C)(C)C. The topological polar surface area (TPSA) is 101 Å². The molecule has 8 nitrogen and oxygen atoms in total. The monoisotopic (exact) mass is 520 g/mol. The fourth-order valence-electron chi connectivity index (χ4n) is 3.88. The zero-order chi connectivity index (χ0) is 24.1. The highest BCUT2D eigenvalue weighted by molar-refractivity contribution is 9.10. The molecule has 0 aromatic carbocycles. The van der Waals surface area contributed by atoms with Crippen molar-refractivity contribution in [2.24, 2.45) is 5.41 Å². The second-order valence-electron chi connectivity index (χ2n) is 9.16. The molecular weight excluding hydrogens is 497 g/mol. The van der Waals surface area contributed by atoms with Crippen molar-refractivity contribution in [1.82, 2.24) is 15.2 Å². The molecule has 0 bridgehead atoms. The summed E-state index contributed by atoms with van der Waals surface area (Å²) in [7, 11) is 0. The van der Waals surface area contributed by atoms with Gasteiger partial charge >= 0.3 is 18.2 Å². The van der Waals surface area contributed by atoms with E-state index in [1.165, 1.54) is 4.90 Å². The van der Waals surface area contributed by atoms with Gasteiger partial charge in [0, 0.05) is 18.0 Å². The number of likely N-dealkylation sites (tertiary alicyclic amines) is 1. The maximum atomic E-state index is 13.1. The second kappa shape index (κ2) is 8.20. The number of alkyl halides is 3. The number of nitrogens with one attached hydrogen (secondary N) is 2. The fourth-order valence-corrected chi connectivity index (χ4v) is 4.19. The molecular formula is C20H24BrF3N4O4. The van der Waals surface area contributed by atoms with Crippen LogP contribution in [0.4, 0.5) is 23.8 Å². The molecule has 176 valence electrons. The highest BCUT2D eigenvalue weighted by Crippen LogP contribution is 2.59. The molecule has 32 heavy (non-hydrogen) atoms. The molecule has 2 aliphatic rings. The largest absolute Gasteiger partial charge is 0.471 e. The lowest BCUT2D eigenvalue weighted by Crippen LogP contribution is -2.47. The molecule has 1 aliphatic heterocycles. The standard InChI is InChI=1S/C20H24BrF3N4O4/c1-10-5-6-13(21)26-14(10)27-15(29)11-7-19(9-25-16(30)20(22,23)24)8-12(19)28(11)17(31)32-18(2,3)4/h5-6,11-12H,7-9H2,1-4H3,(H,25,30)(H,26,27,29)/t11-,12+,19-/m0/s1. The molecule has 2 N–H and O–H groups in total. The Bertz CT molecular complexity index is 950. The van der Waals surface area contributed by atoms with E-state index in [1.807, 2.05) is 5.32 Å². The van der Waals surface area contributed by atoms with Gasteiger partial charge in [0.25, 0.3) is 0 Å². The number of nitrogens with zero attached hydrogens (tertiary/aromatic N) is 2. The number of amides is 3. The summed E-state index contributed by atoms with van der Waals surface area (Å²) in [5.74, 6) is -2.28. The number of piperidine rings is 1. The number of hydrogen-bond donors (Lipinski definition) is 2. The third-order valence-electron chi connectivity index (χ3n) is 5.49. The zero-order valence-corrected chi connectivity index (χ0v) is 19.6. The predicted octanol–water partition coefficient (Wildman–Crippen LogP) is 3.54. The number of fused-ring (bicyclic) bond motifs is 1. The number of ether oxygens (including phenoxy) is 1. The zero-order valence-electron chi connectivity index (χ0n) is 18.0. The Hall–Kier alpha value is -2.37. The molecule has 0 radical (unpaired) electrons. The van der Waals surface area contributed by atoms with Gasteiger partial charge < -0.3 is 15.4 Å². The maximum absolute atomic E-state index is 13.1. The van der Waals surface area contributed by atoms with Crippen LogP contribution in [0.25, 0.3) is 0 Å². The van der Waals surface area contributed by atoms with E-state index in [-0.39, 0.29) is 13.0 Å². The summed E-state index contributed by atoms with van der Waals surface area (Å²) in [6.45, 7) is 6.48. The average molecular weight is 521 g/mol. The van der Waals surface area contributed by atoms with Gasteiger partial charge in [-0.25, -0.2) is 9.78 Å². The van der Waals surface area contributed by atoms with Gasteiger partial charge in [-0.2, -0.15) is 13.2 Å². The molecule has 1 aromatic heterocycles. The second-order valence-corrected chi connectivity index (χ2v) is 9.97. The Morgan fingerprint density at radius 1 is 1.25 bits per heavy atom. The summed E-state index contributed by atoms with van der Waals surface area (Å²) >= 11 is 3.23. The number of aryl methyl sites for hydroxylation is 1. The minimum Gasteiger partial charge on any atom is -0.444 e. The molecule has 1 saturated carbocycles. The van der Waals surface area contributed by atoms with Gasteiger partial charge in [0.05, 0.1) is 0 Å². The van der Waals surface area contributed by atoms with Gasteiger partial charge in [-0.3, -0.25) is 14.5 Å². The van der Waals surface area contributed by atoms with Crippen molar-refractivity contribution in [3.05, 3.63) is 22.3 Å². The molecule has 0 unspecified atom stereocenters. The summed E-state index contributed by atoms with van der Waals surface area (Å²) in [4.78, 5) is 42.7. The molecule has 12 heteroatoms. The Kier molecular flexibility index (Phi) is 6.22. The summed E-state index contributed by atoms with van der Waals surface area (Å²) in [5.41, 5.74) is -0.953. The highest BCUT2D eigenvalue weighted by Gasteiger charge is 2.68. The van der Waals surface area contributed by atoms with Gasteiger partial charge in [0.1, 0.15) is 22.1 Å². The van der Waals surface area contributed by atoms with Crippen molar-refractivity contribution in [2.75, 3.05) is 11.9 Å². The van der Waals surface area contributed by atoms with E-state index < -0.39 is 47.2 Å². The van der Waals surface area contributed by atoms with Gasteiger partial charge in [-0.15, -0.1) is 0 Å². The van der Waals surface area contributed by atoms with Crippen LogP contribution in [0.15, 0.2) is 16.7 Å². The van der Waals surface area contributed by atoms with Crippen molar-refractivity contribution in [3.63, 3.8) is 0 Å². The van der Waals surface area contributed by atoms with Crippen LogP contribution in [0.3, 0.4) is 0 Å². The number of rotatable bonds is 4. The van der Waals surface area contributed by atoms with Crippen molar-refractivity contribution in [3.8, 4) is 0 Å². The lowest BCUT2D eigenvalue weighted by atomic mass is 9.99. The van der Waals surface area contributed by atoms with Gasteiger partial charge in [-0.05, 0) is 68.1 Å². The van der Waals surface area contributed by atoms with Gasteiger partial charge in [0.2, 0.25) is 5.91 Å². The average Bonchev–Trinajstić information content (AvgIpc) is 3.24. The lowest BCUT2D eigenvalue weighted by molar-refractivity contribution is -0.173. The summed E-state index contributed by atoms with van der Waals surface area (Å²) in [6.07, 6.45) is -5.29. The van der Waals surface area contributed by atoms with Crippen LogP contribution in [0.5, 0.6) is 0 Å². The van der Waals surface area contributed by atoms with Crippen LogP contribution in [0, 0.1) is 12.3 Å². The highest BCUT2D eigenvalue weighted by atomic mass is 79.9. The van der Waals surface area contributed by atoms with Crippen molar-refractivity contribution in [1.29, 1.82) is 0 Å². The van der Waals surface area contributed by atoms with Crippen LogP contribution >= 0.6 is 15.9 Å². The van der Waals surface area contributed by atoms with E-state index in [0.717, 1.165) is 0 Å². The first-order valence-electron chi connectivity index (χ1n) is 9.93. The van der Waals surface area contributed by atoms with E-state index >= 15 is 0 Å². The van der Waals surface area contributed by atoms with Crippen LogP contribution in [-0.2, 0) is 14.3 Å². The number of carbonyl (C=O) groups excluding carboxylic acids is 3. The van der Waals surface area contributed by atoms with Crippen LogP contribution in [0.1, 0.15) is 39.2 Å². The Balaban J connectivity index is 1.80. The molecule has 2 fully saturated rings. The summed E-state index contributed by atoms with van der Waals surface area (Å²) in [5, 5.41) is 4.58. The molecule has 1 aliphatic carbocycles. The Morgan fingerprint density at radius 3 is 2.50 bits per heavy atom. The maximum Gasteiger partial charge on any atom is 0.471 e. The molecule has 1 aromatic rings. The first kappa shape index (κ1) is 24.3. The van der Waals surface area contributed by atoms with Gasteiger partial charge in [0.15, 0.2) is 0 Å². The first-order valence-corrected chi connectivity index (χ1v) is 10.7. The quantitative estimate of drug-likeness (QED) is 0.591. The third kappa shape index (κ3) is 5.16. The Labute approximate surface area is 191 Å². The molecule has 0 spiro atoms.